The Balaban J connectivity index is 2.05. The third-order valence-corrected chi connectivity index (χ3v) is 2.99. The number of hydrogen-bond donors (Lipinski definition) is 1. The summed E-state index contributed by atoms with van der Waals surface area (Å²) in [5.74, 6) is -3.45. The van der Waals surface area contributed by atoms with E-state index >= 15 is 0 Å². The first-order valence-corrected chi connectivity index (χ1v) is 6.62. The second-order valence-corrected chi connectivity index (χ2v) is 4.89. The van der Waals surface area contributed by atoms with Crippen molar-refractivity contribution in [2.45, 2.75) is 13.0 Å². The zero-order valence-corrected chi connectivity index (χ0v) is 12.1. The SMILES string of the molecule is CC(Oc1ccc(F)c(F)c1)C(=O)Nc1cc(Cl)ccc1F. The number of carbonyl (C=O) groups excluding carboxylic acids is 1. The first kappa shape index (κ1) is 16.2. The molecule has 2 aromatic carbocycles. The van der Waals surface area contributed by atoms with E-state index in [1.807, 2.05) is 0 Å². The maximum absolute atomic E-state index is 13.5. The van der Waals surface area contributed by atoms with Crippen molar-refractivity contribution >= 4 is 23.2 Å². The normalized spacial score (nSPS) is 11.9. The molecule has 1 N–H and O–H groups in total. The van der Waals surface area contributed by atoms with Gasteiger partial charge in [0.2, 0.25) is 0 Å². The maximum atomic E-state index is 13.5. The lowest BCUT2D eigenvalue weighted by Crippen LogP contribution is -2.30. The molecule has 0 aliphatic carbocycles. The summed E-state index contributed by atoms with van der Waals surface area (Å²) in [5.41, 5.74) is -0.0989. The third-order valence-electron chi connectivity index (χ3n) is 2.76. The van der Waals surface area contributed by atoms with E-state index in [0.717, 1.165) is 18.2 Å². The first-order chi connectivity index (χ1) is 10.4. The van der Waals surface area contributed by atoms with Gasteiger partial charge in [-0.25, -0.2) is 13.2 Å². The van der Waals surface area contributed by atoms with Gasteiger partial charge >= 0.3 is 0 Å². The van der Waals surface area contributed by atoms with Crippen molar-refractivity contribution in [1.82, 2.24) is 0 Å². The number of benzene rings is 2. The average Bonchev–Trinajstić information content (AvgIpc) is 2.46. The molecule has 0 aliphatic rings. The van der Waals surface area contributed by atoms with E-state index in [-0.39, 0.29) is 16.5 Å². The molecular formula is C15H11ClF3NO2. The van der Waals surface area contributed by atoms with Gasteiger partial charge in [-0.2, -0.15) is 0 Å². The molecule has 0 aliphatic heterocycles. The van der Waals surface area contributed by atoms with Crippen LogP contribution in [0.5, 0.6) is 5.75 Å². The van der Waals surface area contributed by atoms with Crippen molar-refractivity contribution in [2.75, 3.05) is 5.32 Å². The van der Waals surface area contributed by atoms with Crippen molar-refractivity contribution in [3.8, 4) is 5.75 Å². The van der Waals surface area contributed by atoms with E-state index < -0.39 is 29.5 Å². The lowest BCUT2D eigenvalue weighted by Gasteiger charge is -2.15. The molecule has 1 amide bonds. The summed E-state index contributed by atoms with van der Waals surface area (Å²) < 4.78 is 44.5. The van der Waals surface area contributed by atoms with Crippen LogP contribution in [0.15, 0.2) is 36.4 Å². The van der Waals surface area contributed by atoms with Gasteiger partial charge in [0.25, 0.3) is 5.91 Å². The third kappa shape index (κ3) is 3.92. The minimum Gasteiger partial charge on any atom is -0.481 e. The van der Waals surface area contributed by atoms with Crippen LogP contribution in [0.2, 0.25) is 5.02 Å². The van der Waals surface area contributed by atoms with Crippen molar-refractivity contribution in [1.29, 1.82) is 0 Å². The fourth-order valence-electron chi connectivity index (χ4n) is 1.64. The highest BCUT2D eigenvalue weighted by atomic mass is 35.5. The fourth-order valence-corrected chi connectivity index (χ4v) is 1.81. The van der Waals surface area contributed by atoms with E-state index in [9.17, 15) is 18.0 Å². The Labute approximate surface area is 129 Å². The zero-order valence-electron chi connectivity index (χ0n) is 11.4. The lowest BCUT2D eigenvalue weighted by atomic mass is 10.2. The molecule has 0 heterocycles. The van der Waals surface area contributed by atoms with Crippen molar-refractivity contribution in [2.24, 2.45) is 0 Å². The monoisotopic (exact) mass is 329 g/mol. The number of rotatable bonds is 4. The Bertz CT molecular complexity index is 709. The van der Waals surface area contributed by atoms with Gasteiger partial charge in [-0.1, -0.05) is 11.6 Å². The van der Waals surface area contributed by atoms with Crippen molar-refractivity contribution < 1.29 is 22.7 Å². The molecule has 0 radical (unpaired) electrons. The topological polar surface area (TPSA) is 38.3 Å². The summed E-state index contributed by atoms with van der Waals surface area (Å²) in [5, 5.41) is 2.56. The molecule has 0 saturated carbocycles. The van der Waals surface area contributed by atoms with Gasteiger partial charge in [0.05, 0.1) is 5.69 Å². The van der Waals surface area contributed by atoms with E-state index in [2.05, 4.69) is 5.32 Å². The van der Waals surface area contributed by atoms with Gasteiger partial charge in [-0.05, 0) is 37.3 Å². The largest absolute Gasteiger partial charge is 0.481 e. The summed E-state index contributed by atoms with van der Waals surface area (Å²) >= 11 is 5.72. The van der Waals surface area contributed by atoms with Crippen LogP contribution in [0.1, 0.15) is 6.92 Å². The van der Waals surface area contributed by atoms with Crippen LogP contribution in [-0.2, 0) is 4.79 Å². The predicted molar refractivity (Wildman–Crippen MR) is 76.5 cm³/mol. The maximum Gasteiger partial charge on any atom is 0.265 e. The molecule has 0 spiro atoms. The van der Waals surface area contributed by atoms with Crippen molar-refractivity contribution in [3.63, 3.8) is 0 Å². The summed E-state index contributed by atoms with van der Waals surface area (Å²) in [7, 11) is 0. The van der Waals surface area contributed by atoms with Crippen LogP contribution in [-0.4, -0.2) is 12.0 Å². The zero-order chi connectivity index (χ0) is 16.3. The van der Waals surface area contributed by atoms with E-state index in [1.165, 1.54) is 25.1 Å². The molecule has 1 atom stereocenters. The Morgan fingerprint density at radius 3 is 2.45 bits per heavy atom. The molecule has 0 fully saturated rings. The van der Waals surface area contributed by atoms with Crippen LogP contribution in [0.3, 0.4) is 0 Å². The molecule has 0 aromatic heterocycles. The number of ether oxygens (including phenoxy) is 1. The van der Waals surface area contributed by atoms with Gasteiger partial charge in [-0.3, -0.25) is 4.79 Å². The Morgan fingerprint density at radius 1 is 1.09 bits per heavy atom. The average molecular weight is 330 g/mol. The summed E-state index contributed by atoms with van der Waals surface area (Å²) in [6.07, 6.45) is -1.05. The lowest BCUT2D eigenvalue weighted by molar-refractivity contribution is -0.122. The van der Waals surface area contributed by atoms with E-state index in [1.54, 1.807) is 0 Å². The summed E-state index contributed by atoms with van der Waals surface area (Å²) in [6.45, 7) is 1.39. The molecule has 22 heavy (non-hydrogen) atoms. The van der Waals surface area contributed by atoms with Crippen molar-refractivity contribution in [3.05, 3.63) is 58.9 Å². The molecule has 7 heteroatoms. The molecule has 3 nitrogen and oxygen atoms in total. The summed E-state index contributed by atoms with van der Waals surface area (Å²) in [4.78, 5) is 11.9. The van der Waals surface area contributed by atoms with Crippen LogP contribution < -0.4 is 10.1 Å². The fraction of sp³-hybridized carbons (Fsp3) is 0.133. The highest BCUT2D eigenvalue weighted by Crippen LogP contribution is 2.21. The van der Waals surface area contributed by atoms with Gasteiger partial charge in [0.1, 0.15) is 11.6 Å². The molecule has 2 rings (SSSR count). The highest BCUT2D eigenvalue weighted by Gasteiger charge is 2.17. The minimum absolute atomic E-state index is 0.0203. The van der Waals surface area contributed by atoms with Crippen LogP contribution in [0, 0.1) is 17.5 Å². The summed E-state index contributed by atoms with van der Waals surface area (Å²) in [6, 6.07) is 6.58. The first-order valence-electron chi connectivity index (χ1n) is 6.24. The molecule has 2 aromatic rings. The number of amides is 1. The van der Waals surface area contributed by atoms with Crippen LogP contribution in [0.4, 0.5) is 18.9 Å². The number of carbonyl (C=O) groups is 1. The van der Waals surface area contributed by atoms with E-state index in [4.69, 9.17) is 16.3 Å². The Kier molecular flexibility index (Phi) is 4.92. The minimum atomic E-state index is -1.09. The predicted octanol–water partition coefficient (Wildman–Crippen LogP) is 4.16. The van der Waals surface area contributed by atoms with Crippen LogP contribution in [0.25, 0.3) is 0 Å². The van der Waals surface area contributed by atoms with Gasteiger partial charge in [0, 0.05) is 11.1 Å². The Morgan fingerprint density at radius 2 is 1.77 bits per heavy atom. The van der Waals surface area contributed by atoms with Gasteiger partial charge in [-0.15, -0.1) is 0 Å². The number of halogens is 4. The number of hydrogen-bond acceptors (Lipinski definition) is 2. The van der Waals surface area contributed by atoms with Crippen LogP contribution >= 0.6 is 11.6 Å². The Hall–Kier alpha value is -2.21. The number of anilines is 1. The standard InChI is InChI=1S/C15H11ClF3NO2/c1-8(22-10-3-5-11(17)13(19)7-10)15(21)20-14-6-9(16)2-4-12(14)18/h2-8H,1H3,(H,20,21). The quantitative estimate of drug-likeness (QED) is 0.914. The second-order valence-electron chi connectivity index (χ2n) is 4.45. The molecule has 0 saturated heterocycles. The highest BCUT2D eigenvalue weighted by molar-refractivity contribution is 6.30. The second kappa shape index (κ2) is 6.70. The van der Waals surface area contributed by atoms with Gasteiger partial charge in [0.15, 0.2) is 17.7 Å². The van der Waals surface area contributed by atoms with Gasteiger partial charge < -0.3 is 10.1 Å². The van der Waals surface area contributed by atoms with E-state index in [0.29, 0.717) is 0 Å². The smallest absolute Gasteiger partial charge is 0.265 e. The molecule has 0 bridgehead atoms. The molecule has 116 valence electrons. The number of nitrogens with one attached hydrogen (secondary N) is 1. The molecular weight excluding hydrogens is 319 g/mol. The molecule has 1 unspecified atom stereocenters.